The number of cyclic esters (lactones) is 1. The summed E-state index contributed by atoms with van der Waals surface area (Å²) in [4.78, 5) is 71.7. The van der Waals surface area contributed by atoms with Crippen molar-refractivity contribution in [2.45, 2.75) is 180 Å². The number of methoxy groups -OCH3 is 3. The summed E-state index contributed by atoms with van der Waals surface area (Å²) in [5.41, 5.74) is 1.19. The van der Waals surface area contributed by atoms with Gasteiger partial charge < -0.3 is 43.9 Å². The molecule has 1 saturated carbocycles. The molecule has 1 aliphatic carbocycles. The highest BCUT2D eigenvalue weighted by Crippen LogP contribution is 2.38. The molecule has 366 valence electrons. The molecule has 0 aromatic carbocycles. The Morgan fingerprint density at radius 2 is 1.58 bits per heavy atom. The number of aliphatic hydroxyl groups excluding tert-OH is 2. The lowest BCUT2D eigenvalue weighted by Gasteiger charge is -2.42. The Morgan fingerprint density at radius 3 is 2.26 bits per heavy atom. The van der Waals surface area contributed by atoms with Crippen molar-refractivity contribution in [3.63, 3.8) is 0 Å². The first-order valence-corrected chi connectivity index (χ1v) is 23.9. The van der Waals surface area contributed by atoms with Crippen LogP contribution >= 0.6 is 0 Å². The predicted molar refractivity (Wildman–Crippen MR) is 245 cm³/mol. The van der Waals surface area contributed by atoms with Gasteiger partial charge in [0.25, 0.3) is 11.7 Å². The van der Waals surface area contributed by atoms with Crippen LogP contribution in [0, 0.1) is 35.5 Å². The summed E-state index contributed by atoms with van der Waals surface area (Å²) in [7, 11) is 4.53. The van der Waals surface area contributed by atoms with E-state index in [-0.39, 0.29) is 54.8 Å². The SMILES string of the molecule is CO[C@H]1C[C@@H]2CC[C@@H](C)[C@@](O)(O2)C(=O)C(=O)N2CCCC[C@H]2C(=O)O[C@H]([C@H](C)C[C@@H]2CC[C@@H](O)[C@H](OC)C2)CC(=O)/C(C)=C\C(C)[C@@H](O)[C@@H](OC)C(=O)[C@H](C)C[C@H](C)C=CC=CC=C1C. The van der Waals surface area contributed by atoms with Crippen LogP contribution in [0.2, 0.25) is 0 Å². The van der Waals surface area contributed by atoms with Gasteiger partial charge in [-0.3, -0.25) is 19.2 Å². The molecule has 0 aromatic heterocycles. The topological polar surface area (TPSA) is 195 Å². The Hall–Kier alpha value is -3.37. The van der Waals surface area contributed by atoms with Crippen LogP contribution in [0.15, 0.2) is 47.6 Å². The summed E-state index contributed by atoms with van der Waals surface area (Å²) in [6, 6.07) is -1.14. The molecule has 0 spiro atoms. The molecule has 1 unspecified atom stereocenters. The number of ketones is 3. The van der Waals surface area contributed by atoms with Crippen LogP contribution in [0.25, 0.3) is 0 Å². The van der Waals surface area contributed by atoms with Gasteiger partial charge in [0.2, 0.25) is 5.79 Å². The number of hydrogen-bond donors (Lipinski definition) is 3. The summed E-state index contributed by atoms with van der Waals surface area (Å²) in [6.07, 6.45) is 11.2. The Balaban J connectivity index is 1.70. The minimum absolute atomic E-state index is 0.0220. The number of carbonyl (C=O) groups is 5. The fourth-order valence-electron chi connectivity index (χ4n) is 10.1. The van der Waals surface area contributed by atoms with E-state index in [1.54, 1.807) is 41.1 Å². The van der Waals surface area contributed by atoms with E-state index in [4.69, 9.17) is 23.7 Å². The number of carbonyl (C=O) groups excluding carboxylic acids is 5. The van der Waals surface area contributed by atoms with Crippen LogP contribution in [0.3, 0.4) is 0 Å². The van der Waals surface area contributed by atoms with Gasteiger partial charge in [0.05, 0.1) is 30.5 Å². The fraction of sp³-hybridized carbons (Fsp3) is 0.745. The number of nitrogens with zero attached hydrogens (tertiary/aromatic N) is 1. The fourth-order valence-corrected chi connectivity index (χ4v) is 10.1. The largest absolute Gasteiger partial charge is 0.460 e. The average Bonchev–Trinajstić information content (AvgIpc) is 3.28. The Labute approximate surface area is 387 Å². The van der Waals surface area contributed by atoms with Crippen LogP contribution < -0.4 is 0 Å². The molecule has 3 fully saturated rings. The van der Waals surface area contributed by atoms with Crippen molar-refractivity contribution >= 4 is 29.2 Å². The van der Waals surface area contributed by atoms with Crippen molar-refractivity contribution in [1.82, 2.24) is 4.90 Å². The molecule has 3 aliphatic heterocycles. The molecule has 14 heteroatoms. The van der Waals surface area contributed by atoms with Gasteiger partial charge in [-0.25, -0.2) is 4.79 Å². The lowest BCUT2D eigenvalue weighted by Crippen LogP contribution is -2.61. The molecule has 0 radical (unpaired) electrons. The number of fused-ring (bicyclic) bond motifs is 3. The molecule has 14 nitrogen and oxygen atoms in total. The number of Topliss-reactive ketones (excluding diaryl/α,β-unsaturated/α-hetero) is 3. The molecule has 3 N–H and O–H groups in total. The molecule has 0 aromatic rings. The molecule has 65 heavy (non-hydrogen) atoms. The first kappa shape index (κ1) is 54.2. The van der Waals surface area contributed by atoms with E-state index >= 15 is 0 Å². The minimum Gasteiger partial charge on any atom is -0.460 e. The number of piperidine rings is 1. The standard InChI is InChI=1S/C51H79NO13/c1-30-16-12-11-13-17-31(2)42(61-8)28-38-21-19-36(7)51(60,65-38)48(57)49(58)52-23-15-14-18-39(52)50(59)64-43(33(4)26-37-20-22-40(53)44(27-37)62-9)29-41(54)32(3)25-35(6)46(56)47(63-10)45(55)34(5)24-30/h11-13,16-17,25,30,33-40,42-44,46-47,53,56,60H,14-15,18-24,26-29H2,1-10H3/b13-11?,16-12?,31-17?,32-25-/t30-,33-,34-,35?,36-,37+,38+,39+,40-,42+,43+,44-,46-,47+,51-/m1/s1. The number of rotatable bonds is 6. The number of hydrogen-bond acceptors (Lipinski definition) is 13. The highest BCUT2D eigenvalue weighted by molar-refractivity contribution is 6.39. The number of esters is 1. The van der Waals surface area contributed by atoms with Gasteiger partial charge in [0, 0.05) is 58.5 Å². The van der Waals surface area contributed by atoms with Crippen molar-refractivity contribution in [1.29, 1.82) is 0 Å². The highest BCUT2D eigenvalue weighted by Gasteiger charge is 2.53. The summed E-state index contributed by atoms with van der Waals surface area (Å²) >= 11 is 0. The maximum atomic E-state index is 14.4. The maximum Gasteiger partial charge on any atom is 0.329 e. The van der Waals surface area contributed by atoms with Crippen molar-refractivity contribution in [2.75, 3.05) is 27.9 Å². The van der Waals surface area contributed by atoms with Crippen molar-refractivity contribution in [3.8, 4) is 0 Å². The van der Waals surface area contributed by atoms with Crippen LogP contribution in [0.4, 0.5) is 0 Å². The van der Waals surface area contributed by atoms with Crippen LogP contribution in [0.1, 0.15) is 126 Å². The van der Waals surface area contributed by atoms with Crippen molar-refractivity contribution in [2.24, 2.45) is 35.5 Å². The minimum atomic E-state index is -2.43. The first-order valence-electron chi connectivity index (χ1n) is 23.9. The summed E-state index contributed by atoms with van der Waals surface area (Å²) < 4.78 is 29.4. The third-order valence-corrected chi connectivity index (χ3v) is 14.5. The normalized spacial score (nSPS) is 38.6. The number of ether oxygens (including phenoxy) is 5. The lowest BCUT2D eigenvalue weighted by molar-refractivity contribution is -0.265. The molecule has 2 bridgehead atoms. The molecular formula is C51H79NO13. The van der Waals surface area contributed by atoms with Gasteiger partial charge in [-0.05, 0) is 107 Å². The maximum absolute atomic E-state index is 14.4. The Morgan fingerprint density at radius 1 is 0.862 bits per heavy atom. The average molecular weight is 914 g/mol. The van der Waals surface area contributed by atoms with E-state index in [0.29, 0.717) is 63.4 Å². The van der Waals surface area contributed by atoms with E-state index in [2.05, 4.69) is 0 Å². The van der Waals surface area contributed by atoms with Gasteiger partial charge >= 0.3 is 5.97 Å². The molecule has 4 rings (SSSR count). The van der Waals surface area contributed by atoms with Gasteiger partial charge in [0.1, 0.15) is 18.2 Å². The van der Waals surface area contributed by atoms with E-state index in [1.165, 1.54) is 12.0 Å². The molecule has 3 heterocycles. The van der Waals surface area contributed by atoms with Gasteiger partial charge in [-0.2, -0.15) is 0 Å². The monoisotopic (exact) mass is 914 g/mol. The van der Waals surface area contributed by atoms with Crippen molar-refractivity contribution in [3.05, 3.63) is 47.6 Å². The molecule has 4 aliphatic rings. The molecular weight excluding hydrogens is 835 g/mol. The zero-order valence-electron chi connectivity index (χ0n) is 40.6. The Bertz CT molecular complexity index is 1760. The number of aliphatic hydroxyl groups is 3. The summed E-state index contributed by atoms with van der Waals surface area (Å²) in [6.45, 7) is 12.7. The van der Waals surface area contributed by atoms with Crippen LogP contribution in [0.5, 0.6) is 0 Å². The van der Waals surface area contributed by atoms with E-state index in [1.807, 2.05) is 58.1 Å². The second-order valence-electron chi connectivity index (χ2n) is 19.6. The highest BCUT2D eigenvalue weighted by atomic mass is 16.6. The zero-order valence-corrected chi connectivity index (χ0v) is 40.6. The van der Waals surface area contributed by atoms with E-state index < -0.39 is 83.9 Å². The second kappa shape index (κ2) is 25.1. The summed E-state index contributed by atoms with van der Waals surface area (Å²) in [5.74, 6) is -7.93. The van der Waals surface area contributed by atoms with Crippen LogP contribution in [-0.2, 0) is 47.7 Å². The smallest absolute Gasteiger partial charge is 0.329 e. The molecule has 15 atom stereocenters. The van der Waals surface area contributed by atoms with Crippen LogP contribution in [-0.4, -0.2) is 132 Å². The predicted octanol–water partition coefficient (Wildman–Crippen LogP) is 6.18. The van der Waals surface area contributed by atoms with E-state index in [9.17, 15) is 39.3 Å². The quantitative estimate of drug-likeness (QED) is 0.202. The second-order valence-corrected chi connectivity index (χ2v) is 19.6. The molecule has 1 amide bonds. The third kappa shape index (κ3) is 14.3. The molecule has 2 saturated heterocycles. The van der Waals surface area contributed by atoms with Crippen molar-refractivity contribution < 1.29 is 63.0 Å². The first-order chi connectivity index (χ1) is 30.7. The number of amides is 1. The van der Waals surface area contributed by atoms with Gasteiger partial charge in [-0.15, -0.1) is 0 Å². The summed E-state index contributed by atoms with van der Waals surface area (Å²) in [5, 5.41) is 33.9. The zero-order chi connectivity index (χ0) is 48.2. The van der Waals surface area contributed by atoms with Gasteiger partial charge in [0.15, 0.2) is 11.6 Å². The lowest BCUT2D eigenvalue weighted by atomic mass is 9.78. The van der Waals surface area contributed by atoms with Gasteiger partial charge in [-0.1, -0.05) is 71.1 Å². The Kier molecular flexibility index (Phi) is 21.0. The van der Waals surface area contributed by atoms with E-state index in [0.717, 1.165) is 12.0 Å². The third-order valence-electron chi connectivity index (χ3n) is 14.5. The number of allylic oxidation sites excluding steroid dienone is 6.